The van der Waals surface area contributed by atoms with Crippen molar-refractivity contribution in [2.24, 2.45) is 0 Å². The number of imide groups is 1. The summed E-state index contributed by atoms with van der Waals surface area (Å²) in [5, 5.41) is 3.20. The van der Waals surface area contributed by atoms with E-state index >= 15 is 0 Å². The fourth-order valence-electron chi connectivity index (χ4n) is 2.84. The summed E-state index contributed by atoms with van der Waals surface area (Å²) < 4.78 is 12.3. The number of hydrogen-bond donors (Lipinski definition) is 1. The molecule has 0 spiro atoms. The minimum atomic E-state index is -0.480. The highest BCUT2D eigenvalue weighted by Gasteiger charge is 2.32. The molecular formula is C22H20BrClN2O4. The highest BCUT2D eigenvalue weighted by molar-refractivity contribution is 9.10. The Morgan fingerprint density at radius 1 is 1.20 bits per heavy atom. The minimum Gasteiger partial charge on any atom is -0.490 e. The Balaban J connectivity index is 1.88. The number of hydrogen-bond acceptors (Lipinski definition) is 4. The lowest BCUT2D eigenvalue weighted by Gasteiger charge is -2.15. The molecule has 1 saturated heterocycles. The van der Waals surface area contributed by atoms with E-state index in [0.717, 1.165) is 10.5 Å². The third-order valence-corrected chi connectivity index (χ3v) is 5.33. The molecule has 2 aromatic rings. The summed E-state index contributed by atoms with van der Waals surface area (Å²) in [6, 6.07) is 10.5. The minimum absolute atomic E-state index is 0.141. The van der Waals surface area contributed by atoms with E-state index in [1.807, 2.05) is 25.1 Å². The first-order chi connectivity index (χ1) is 14.4. The van der Waals surface area contributed by atoms with Crippen molar-refractivity contribution in [2.75, 3.05) is 13.2 Å². The van der Waals surface area contributed by atoms with Crippen LogP contribution in [0, 0.1) is 0 Å². The van der Waals surface area contributed by atoms with E-state index in [1.165, 1.54) is 6.08 Å². The SMILES string of the molecule is C=CCN1C(=O)N/C(=C/c2cc(OCC)c(OCc3ccccc3Cl)cc2Br)C1=O. The van der Waals surface area contributed by atoms with Crippen LogP contribution in [0.3, 0.4) is 0 Å². The molecule has 6 nitrogen and oxygen atoms in total. The maximum Gasteiger partial charge on any atom is 0.329 e. The van der Waals surface area contributed by atoms with E-state index in [2.05, 4.69) is 27.8 Å². The third-order valence-electron chi connectivity index (χ3n) is 4.28. The van der Waals surface area contributed by atoms with Crippen LogP contribution in [0.5, 0.6) is 11.5 Å². The zero-order valence-electron chi connectivity index (χ0n) is 16.3. The second-order valence-corrected chi connectivity index (χ2v) is 7.59. The Labute approximate surface area is 188 Å². The van der Waals surface area contributed by atoms with Crippen molar-refractivity contribution in [2.45, 2.75) is 13.5 Å². The molecule has 1 aliphatic rings. The molecule has 0 radical (unpaired) electrons. The quantitative estimate of drug-likeness (QED) is 0.315. The topological polar surface area (TPSA) is 67.9 Å². The summed E-state index contributed by atoms with van der Waals surface area (Å²) in [4.78, 5) is 25.5. The van der Waals surface area contributed by atoms with Crippen LogP contribution in [0.15, 0.2) is 59.2 Å². The summed E-state index contributed by atoms with van der Waals surface area (Å²) in [6.45, 7) is 6.28. The molecule has 0 atom stereocenters. The average Bonchev–Trinajstić information content (AvgIpc) is 2.98. The van der Waals surface area contributed by atoms with Crippen molar-refractivity contribution >= 4 is 45.5 Å². The number of ether oxygens (including phenoxy) is 2. The van der Waals surface area contributed by atoms with Gasteiger partial charge in [-0.2, -0.15) is 0 Å². The van der Waals surface area contributed by atoms with Crippen LogP contribution in [0.1, 0.15) is 18.1 Å². The molecule has 1 heterocycles. The van der Waals surface area contributed by atoms with Gasteiger partial charge in [-0.25, -0.2) is 4.79 Å². The summed E-state index contributed by atoms with van der Waals surface area (Å²) in [5.41, 5.74) is 1.69. The van der Waals surface area contributed by atoms with E-state index in [9.17, 15) is 9.59 Å². The molecule has 0 bridgehead atoms. The van der Waals surface area contributed by atoms with Crippen LogP contribution in [0.25, 0.3) is 6.08 Å². The zero-order chi connectivity index (χ0) is 21.7. The molecule has 3 amide bonds. The van der Waals surface area contributed by atoms with Gasteiger partial charge in [0, 0.05) is 21.6 Å². The van der Waals surface area contributed by atoms with Gasteiger partial charge in [-0.3, -0.25) is 9.69 Å². The number of carbonyl (C=O) groups excluding carboxylic acids is 2. The predicted octanol–water partition coefficient (Wildman–Crippen LogP) is 5.16. The number of halogens is 2. The maximum atomic E-state index is 12.4. The molecule has 30 heavy (non-hydrogen) atoms. The van der Waals surface area contributed by atoms with E-state index in [1.54, 1.807) is 24.3 Å². The number of urea groups is 1. The van der Waals surface area contributed by atoms with Gasteiger partial charge in [-0.1, -0.05) is 51.8 Å². The number of amides is 3. The molecule has 2 aromatic carbocycles. The van der Waals surface area contributed by atoms with Gasteiger partial charge in [0.2, 0.25) is 0 Å². The monoisotopic (exact) mass is 490 g/mol. The van der Waals surface area contributed by atoms with Crippen LogP contribution in [0.4, 0.5) is 4.79 Å². The Hall–Kier alpha value is -2.77. The highest BCUT2D eigenvalue weighted by Crippen LogP contribution is 2.36. The first-order valence-electron chi connectivity index (χ1n) is 9.22. The average molecular weight is 492 g/mol. The molecule has 0 aliphatic carbocycles. The molecule has 1 fully saturated rings. The molecule has 0 aromatic heterocycles. The summed E-state index contributed by atoms with van der Waals surface area (Å²) in [5.74, 6) is 0.629. The normalized spacial score (nSPS) is 14.8. The Kier molecular flexibility index (Phi) is 7.18. The van der Waals surface area contributed by atoms with Gasteiger partial charge in [-0.15, -0.1) is 6.58 Å². The smallest absolute Gasteiger partial charge is 0.329 e. The fourth-order valence-corrected chi connectivity index (χ4v) is 3.46. The van der Waals surface area contributed by atoms with Gasteiger partial charge in [-0.05, 0) is 36.8 Å². The van der Waals surface area contributed by atoms with Crippen molar-refractivity contribution in [1.29, 1.82) is 0 Å². The van der Waals surface area contributed by atoms with Gasteiger partial charge in [0.1, 0.15) is 12.3 Å². The summed E-state index contributed by atoms with van der Waals surface area (Å²) >= 11 is 9.70. The number of benzene rings is 2. The van der Waals surface area contributed by atoms with Crippen molar-refractivity contribution in [3.8, 4) is 11.5 Å². The van der Waals surface area contributed by atoms with Crippen molar-refractivity contribution in [1.82, 2.24) is 10.2 Å². The molecule has 0 saturated carbocycles. The zero-order valence-corrected chi connectivity index (χ0v) is 18.6. The molecule has 156 valence electrons. The number of nitrogens with one attached hydrogen (secondary N) is 1. The van der Waals surface area contributed by atoms with E-state index in [-0.39, 0.29) is 18.8 Å². The molecule has 1 aliphatic heterocycles. The van der Waals surface area contributed by atoms with Crippen molar-refractivity contribution in [3.63, 3.8) is 0 Å². The molecule has 8 heteroatoms. The third kappa shape index (κ3) is 4.86. The van der Waals surface area contributed by atoms with Crippen LogP contribution in [0.2, 0.25) is 5.02 Å². The Bertz CT molecular complexity index is 1020. The van der Waals surface area contributed by atoms with E-state index in [4.69, 9.17) is 21.1 Å². The number of nitrogens with zero attached hydrogens (tertiary/aromatic N) is 1. The van der Waals surface area contributed by atoms with Crippen molar-refractivity contribution < 1.29 is 19.1 Å². The lowest BCUT2D eigenvalue weighted by molar-refractivity contribution is -0.122. The fraction of sp³-hybridized carbons (Fsp3) is 0.182. The van der Waals surface area contributed by atoms with Crippen molar-refractivity contribution in [3.05, 3.63) is 75.4 Å². The molecule has 0 unspecified atom stereocenters. The van der Waals surface area contributed by atoms with Gasteiger partial charge >= 0.3 is 6.03 Å². The van der Waals surface area contributed by atoms with Gasteiger partial charge < -0.3 is 14.8 Å². The summed E-state index contributed by atoms with van der Waals surface area (Å²) in [6.07, 6.45) is 3.09. The summed E-state index contributed by atoms with van der Waals surface area (Å²) in [7, 11) is 0. The standard InChI is InChI=1S/C22H20BrClN2O4/c1-3-9-26-21(27)18(25-22(26)28)10-15-11-19(29-4-2)20(12-16(15)23)30-13-14-7-5-6-8-17(14)24/h3,5-8,10-12H,1,4,9,13H2,2H3,(H,25,28)/b18-10+. The van der Waals surface area contributed by atoms with Crippen LogP contribution >= 0.6 is 27.5 Å². The van der Waals surface area contributed by atoms with E-state index < -0.39 is 11.9 Å². The molecule has 3 rings (SSSR count). The lowest BCUT2D eigenvalue weighted by Crippen LogP contribution is -2.30. The van der Waals surface area contributed by atoms with Crippen LogP contribution in [-0.2, 0) is 11.4 Å². The maximum absolute atomic E-state index is 12.4. The van der Waals surface area contributed by atoms with Gasteiger partial charge in [0.15, 0.2) is 11.5 Å². The Morgan fingerprint density at radius 2 is 1.93 bits per heavy atom. The molecular weight excluding hydrogens is 472 g/mol. The number of rotatable bonds is 8. The number of carbonyl (C=O) groups is 2. The van der Waals surface area contributed by atoms with Crippen LogP contribution < -0.4 is 14.8 Å². The first-order valence-corrected chi connectivity index (χ1v) is 10.4. The van der Waals surface area contributed by atoms with E-state index in [0.29, 0.717) is 33.2 Å². The largest absolute Gasteiger partial charge is 0.490 e. The lowest BCUT2D eigenvalue weighted by atomic mass is 10.1. The first kappa shape index (κ1) is 21.9. The second kappa shape index (κ2) is 9.82. The van der Waals surface area contributed by atoms with Crippen LogP contribution in [-0.4, -0.2) is 30.0 Å². The molecule has 1 N–H and O–H groups in total. The van der Waals surface area contributed by atoms with Gasteiger partial charge in [0.25, 0.3) is 5.91 Å². The predicted molar refractivity (Wildman–Crippen MR) is 120 cm³/mol. The van der Waals surface area contributed by atoms with Gasteiger partial charge in [0.05, 0.1) is 6.61 Å². The highest BCUT2D eigenvalue weighted by atomic mass is 79.9. The Morgan fingerprint density at radius 3 is 2.63 bits per heavy atom. The second-order valence-electron chi connectivity index (χ2n) is 6.33.